The molecule has 1 N–H and O–H groups in total. The molecule has 1 spiro atoms. The average molecular weight is 662 g/mol. The van der Waals surface area contributed by atoms with E-state index in [4.69, 9.17) is 19.4 Å². The van der Waals surface area contributed by atoms with E-state index in [2.05, 4.69) is 65.2 Å². The van der Waals surface area contributed by atoms with Crippen LogP contribution in [0, 0.1) is 12.3 Å². The molecule has 3 saturated heterocycles. The highest BCUT2D eigenvalue weighted by atomic mass is 16.5. The zero-order valence-corrected chi connectivity index (χ0v) is 28.8. The normalized spacial score (nSPS) is 20.0. The lowest BCUT2D eigenvalue weighted by molar-refractivity contribution is -0.139. The highest BCUT2D eigenvalue weighted by molar-refractivity contribution is 6.07. The topological polar surface area (TPSA) is 99.7 Å². The molecule has 1 saturated carbocycles. The Morgan fingerprint density at radius 2 is 1.76 bits per heavy atom. The van der Waals surface area contributed by atoms with Gasteiger partial charge >= 0.3 is 6.01 Å². The van der Waals surface area contributed by atoms with E-state index >= 15 is 0 Å². The number of anilines is 1. The molecule has 3 aliphatic heterocycles. The van der Waals surface area contributed by atoms with Crippen molar-refractivity contribution in [2.24, 2.45) is 5.41 Å². The number of fused-ring (bicyclic) bond motifs is 2. The van der Waals surface area contributed by atoms with Gasteiger partial charge in [-0.1, -0.05) is 32.2 Å². The molecule has 10 heteroatoms. The number of benzene rings is 2. The Labute approximate surface area is 288 Å². The third-order valence-electron chi connectivity index (χ3n) is 11.5. The van der Waals surface area contributed by atoms with E-state index in [1.165, 1.54) is 6.08 Å². The fourth-order valence-electron chi connectivity index (χ4n) is 8.21. The first kappa shape index (κ1) is 31.8. The molecule has 4 aliphatic rings. The summed E-state index contributed by atoms with van der Waals surface area (Å²) in [7, 11) is 0. The first-order valence-corrected chi connectivity index (χ1v) is 18.0. The summed E-state index contributed by atoms with van der Waals surface area (Å²) >= 11 is 0. The molecule has 4 fully saturated rings. The molecule has 1 amide bonds. The van der Waals surface area contributed by atoms with Gasteiger partial charge in [0.2, 0.25) is 5.91 Å². The SMILES string of the molecule is C=CC(=O)N1CC2(CCN(c3nc(OC4CCN(CC)CC4)nc4c(OC5CCC5)c(-c5c(C)ccc6[nH]ncc56)c(C=C)cc34)CC2)C1. The van der Waals surface area contributed by atoms with Crippen molar-refractivity contribution in [3.05, 3.63) is 54.8 Å². The fraction of sp³-hybridized carbons (Fsp3) is 0.487. The molecule has 0 atom stereocenters. The van der Waals surface area contributed by atoms with E-state index in [1.54, 1.807) is 0 Å². The molecule has 2 aromatic heterocycles. The summed E-state index contributed by atoms with van der Waals surface area (Å²) in [5.74, 6) is 1.68. The highest BCUT2D eigenvalue weighted by Gasteiger charge is 2.46. The lowest BCUT2D eigenvalue weighted by Crippen LogP contribution is -2.61. The number of nitrogens with zero attached hydrogens (tertiary/aromatic N) is 6. The van der Waals surface area contributed by atoms with Gasteiger partial charge in [0.05, 0.1) is 17.8 Å². The van der Waals surface area contributed by atoms with Crippen molar-refractivity contribution in [1.29, 1.82) is 0 Å². The molecule has 0 unspecified atom stereocenters. The van der Waals surface area contributed by atoms with Crippen molar-refractivity contribution in [1.82, 2.24) is 30.0 Å². The quantitative estimate of drug-likeness (QED) is 0.202. The summed E-state index contributed by atoms with van der Waals surface area (Å²) in [5, 5.41) is 9.55. The van der Waals surface area contributed by atoms with Gasteiger partial charge in [-0.05, 0) is 93.3 Å². The number of ether oxygens (including phenoxy) is 2. The van der Waals surface area contributed by atoms with Crippen LogP contribution in [-0.2, 0) is 4.79 Å². The molecule has 0 bridgehead atoms. The van der Waals surface area contributed by atoms with Gasteiger partial charge < -0.3 is 24.2 Å². The summed E-state index contributed by atoms with van der Waals surface area (Å²) in [4.78, 5) is 29.4. The van der Waals surface area contributed by atoms with Crippen LogP contribution in [0.2, 0.25) is 0 Å². The van der Waals surface area contributed by atoms with Gasteiger partial charge in [-0.3, -0.25) is 9.89 Å². The van der Waals surface area contributed by atoms with Gasteiger partial charge in [0, 0.05) is 61.0 Å². The summed E-state index contributed by atoms with van der Waals surface area (Å²) in [5.41, 5.74) is 6.10. The molecule has 2 aromatic carbocycles. The molecule has 5 heterocycles. The van der Waals surface area contributed by atoms with Crippen LogP contribution in [0.5, 0.6) is 11.8 Å². The van der Waals surface area contributed by atoms with Gasteiger partial charge in [0.1, 0.15) is 17.4 Å². The average Bonchev–Trinajstić information content (AvgIpc) is 3.57. The monoisotopic (exact) mass is 661 g/mol. The largest absolute Gasteiger partial charge is 0.487 e. The standard InChI is InChI=1S/C39H47N7O3/c1-5-26-21-29-35(36(48-27-9-8-10-27)34(26)33-25(4)11-12-31-30(33)22-40-43-31)41-38(49-28-13-17-44(7-3)18-14-28)42-37(29)45-19-15-39(16-20-45)23-46(24-39)32(47)6-2/h5-6,11-12,21-22,27-28H,1-2,7-10,13-20,23-24H2,3-4H3,(H,40,43). The number of rotatable bonds is 9. The molecule has 0 radical (unpaired) electrons. The minimum absolute atomic E-state index is 0.0227. The number of piperidine rings is 2. The zero-order chi connectivity index (χ0) is 33.7. The maximum Gasteiger partial charge on any atom is 0.319 e. The predicted octanol–water partition coefficient (Wildman–Crippen LogP) is 6.53. The van der Waals surface area contributed by atoms with Crippen molar-refractivity contribution in [3.8, 4) is 22.9 Å². The fourth-order valence-corrected chi connectivity index (χ4v) is 8.21. The van der Waals surface area contributed by atoms with Crippen LogP contribution in [0.4, 0.5) is 5.82 Å². The van der Waals surface area contributed by atoms with Gasteiger partial charge in [-0.2, -0.15) is 15.1 Å². The van der Waals surface area contributed by atoms with Crippen LogP contribution >= 0.6 is 0 Å². The predicted molar refractivity (Wildman–Crippen MR) is 194 cm³/mol. The molecule has 10 nitrogen and oxygen atoms in total. The molecular weight excluding hydrogens is 614 g/mol. The van der Waals surface area contributed by atoms with E-state index in [9.17, 15) is 4.79 Å². The Bertz CT molecular complexity index is 1910. The number of hydrogen-bond acceptors (Lipinski definition) is 8. The molecule has 4 aromatic rings. The van der Waals surface area contributed by atoms with E-state index in [1.807, 2.05) is 17.2 Å². The lowest BCUT2D eigenvalue weighted by Gasteiger charge is -2.54. The maximum absolute atomic E-state index is 12.2. The number of likely N-dealkylation sites (tertiary alicyclic amines) is 2. The number of amides is 1. The number of carbonyl (C=O) groups is 1. The molecule has 1 aliphatic carbocycles. The van der Waals surface area contributed by atoms with Crippen LogP contribution in [0.1, 0.15) is 63.0 Å². The minimum atomic E-state index is 0.0227. The van der Waals surface area contributed by atoms with Crippen molar-refractivity contribution in [3.63, 3.8) is 0 Å². The van der Waals surface area contributed by atoms with Gasteiger partial charge in [-0.15, -0.1) is 0 Å². The van der Waals surface area contributed by atoms with Gasteiger partial charge in [0.15, 0.2) is 5.75 Å². The smallest absolute Gasteiger partial charge is 0.319 e. The van der Waals surface area contributed by atoms with Crippen LogP contribution < -0.4 is 14.4 Å². The first-order chi connectivity index (χ1) is 23.9. The summed E-state index contributed by atoms with van der Waals surface area (Å²) in [6, 6.07) is 6.82. The Balaban J connectivity index is 1.25. The lowest BCUT2D eigenvalue weighted by atomic mass is 9.72. The van der Waals surface area contributed by atoms with Crippen molar-refractivity contribution >= 4 is 39.6 Å². The van der Waals surface area contributed by atoms with E-state index in [-0.39, 0.29) is 23.5 Å². The molecule has 256 valence electrons. The number of aromatic nitrogens is 4. The number of aryl methyl sites for hydroxylation is 1. The highest BCUT2D eigenvalue weighted by Crippen LogP contribution is 2.48. The van der Waals surface area contributed by atoms with Crippen LogP contribution in [0.15, 0.2) is 43.6 Å². The summed E-state index contributed by atoms with van der Waals surface area (Å²) in [6.07, 6.45) is 12.5. The Morgan fingerprint density at radius 3 is 2.43 bits per heavy atom. The summed E-state index contributed by atoms with van der Waals surface area (Å²) in [6.45, 7) is 18.7. The third-order valence-corrected chi connectivity index (χ3v) is 11.5. The van der Waals surface area contributed by atoms with Crippen molar-refractivity contribution in [2.75, 3.05) is 50.7 Å². The Kier molecular flexibility index (Phi) is 8.30. The van der Waals surface area contributed by atoms with Crippen molar-refractivity contribution < 1.29 is 14.3 Å². The molecule has 8 rings (SSSR count). The summed E-state index contributed by atoms with van der Waals surface area (Å²) < 4.78 is 13.7. The van der Waals surface area contributed by atoms with Crippen molar-refractivity contribution in [2.45, 2.75) is 71.0 Å². The minimum Gasteiger partial charge on any atom is -0.487 e. The molecular formula is C39H47N7O3. The maximum atomic E-state index is 12.2. The van der Waals surface area contributed by atoms with E-state index < -0.39 is 0 Å². The second-order valence-electron chi connectivity index (χ2n) is 14.5. The van der Waals surface area contributed by atoms with E-state index in [0.29, 0.717) is 6.01 Å². The number of aromatic amines is 1. The van der Waals surface area contributed by atoms with E-state index in [0.717, 1.165) is 146 Å². The zero-order valence-electron chi connectivity index (χ0n) is 28.8. The number of nitrogens with one attached hydrogen (secondary N) is 1. The van der Waals surface area contributed by atoms with Gasteiger partial charge in [-0.25, -0.2) is 0 Å². The second-order valence-corrected chi connectivity index (χ2v) is 14.5. The Morgan fingerprint density at radius 1 is 1.00 bits per heavy atom. The van der Waals surface area contributed by atoms with Gasteiger partial charge in [0.25, 0.3) is 0 Å². The number of H-pyrrole nitrogens is 1. The number of hydrogen-bond donors (Lipinski definition) is 1. The Hall–Kier alpha value is -4.44. The molecule has 49 heavy (non-hydrogen) atoms. The van der Waals surface area contributed by atoms with Crippen LogP contribution in [0.25, 0.3) is 39.0 Å². The first-order valence-electron chi connectivity index (χ1n) is 18.0. The third kappa shape index (κ3) is 5.73. The van der Waals surface area contributed by atoms with Crippen LogP contribution in [0.3, 0.4) is 0 Å². The number of carbonyl (C=O) groups excluding carboxylic acids is 1. The van der Waals surface area contributed by atoms with Crippen LogP contribution in [-0.4, -0.2) is 93.9 Å². The second kappa shape index (κ2) is 12.8.